The van der Waals surface area contributed by atoms with Crippen LogP contribution in [0.1, 0.15) is 41.1 Å². The molecule has 1 heterocycles. The standard InChI is InChI=1S/C13H18ClNS/c1-9(14)8-15-10(2)13-7-11-5-3-4-6-12(11)16-13/h7,10,15H,1,3-6,8H2,2H3. The third kappa shape index (κ3) is 2.88. The lowest BCUT2D eigenvalue weighted by Crippen LogP contribution is -2.18. The van der Waals surface area contributed by atoms with Crippen LogP contribution in [0.3, 0.4) is 0 Å². The van der Waals surface area contributed by atoms with Crippen molar-refractivity contribution >= 4 is 22.9 Å². The summed E-state index contributed by atoms with van der Waals surface area (Å²) in [6.07, 6.45) is 5.24. The molecule has 0 aromatic carbocycles. The zero-order chi connectivity index (χ0) is 11.5. The fourth-order valence-electron chi connectivity index (χ4n) is 2.09. The molecular formula is C13H18ClNS. The van der Waals surface area contributed by atoms with E-state index < -0.39 is 0 Å². The Bertz CT molecular complexity index is 360. The number of hydrogen-bond acceptors (Lipinski definition) is 2. The van der Waals surface area contributed by atoms with Crippen LogP contribution in [-0.2, 0) is 12.8 Å². The molecule has 0 fully saturated rings. The maximum Gasteiger partial charge on any atom is 0.0389 e. The molecule has 1 aromatic rings. The highest BCUT2D eigenvalue weighted by Gasteiger charge is 2.16. The molecule has 88 valence electrons. The average Bonchev–Trinajstić information content (AvgIpc) is 2.69. The van der Waals surface area contributed by atoms with Gasteiger partial charge in [0.05, 0.1) is 0 Å². The van der Waals surface area contributed by atoms with Gasteiger partial charge in [-0.2, -0.15) is 0 Å². The topological polar surface area (TPSA) is 12.0 Å². The van der Waals surface area contributed by atoms with E-state index in [2.05, 4.69) is 24.9 Å². The second-order valence-electron chi connectivity index (χ2n) is 4.42. The SMILES string of the molecule is C=C(Cl)CNC(C)c1cc2c(s1)CCCC2. The number of halogens is 1. The monoisotopic (exact) mass is 255 g/mol. The van der Waals surface area contributed by atoms with Gasteiger partial charge in [0.2, 0.25) is 0 Å². The minimum absolute atomic E-state index is 0.381. The maximum absolute atomic E-state index is 5.76. The molecule has 1 aliphatic carbocycles. The second-order valence-corrected chi connectivity index (χ2v) is 6.13. The van der Waals surface area contributed by atoms with Crippen LogP contribution in [0.4, 0.5) is 0 Å². The normalized spacial score (nSPS) is 16.9. The van der Waals surface area contributed by atoms with Crippen LogP contribution in [0, 0.1) is 0 Å². The molecule has 0 aliphatic heterocycles. The Morgan fingerprint density at radius 2 is 2.31 bits per heavy atom. The molecule has 0 bridgehead atoms. The van der Waals surface area contributed by atoms with E-state index in [4.69, 9.17) is 11.6 Å². The predicted octanol–water partition coefficient (Wildman–Crippen LogP) is 4.03. The Balaban J connectivity index is 2.03. The van der Waals surface area contributed by atoms with Crippen molar-refractivity contribution in [1.29, 1.82) is 0 Å². The minimum Gasteiger partial charge on any atom is -0.304 e. The van der Waals surface area contributed by atoms with Crippen LogP contribution in [0.2, 0.25) is 0 Å². The zero-order valence-electron chi connectivity index (χ0n) is 9.68. The molecular weight excluding hydrogens is 238 g/mol. The van der Waals surface area contributed by atoms with Crippen molar-refractivity contribution in [3.05, 3.63) is 33.0 Å². The Morgan fingerprint density at radius 3 is 3.00 bits per heavy atom. The van der Waals surface area contributed by atoms with E-state index in [9.17, 15) is 0 Å². The Kier molecular flexibility index (Phi) is 4.06. The lowest BCUT2D eigenvalue weighted by Gasteiger charge is -2.10. The van der Waals surface area contributed by atoms with Gasteiger partial charge in [0, 0.05) is 27.4 Å². The third-order valence-electron chi connectivity index (χ3n) is 3.04. The van der Waals surface area contributed by atoms with Crippen LogP contribution in [0.15, 0.2) is 17.7 Å². The molecule has 1 nitrogen and oxygen atoms in total. The Morgan fingerprint density at radius 1 is 1.56 bits per heavy atom. The summed E-state index contributed by atoms with van der Waals surface area (Å²) in [5.41, 5.74) is 1.57. The molecule has 2 rings (SSSR count). The molecule has 0 amide bonds. The van der Waals surface area contributed by atoms with Crippen molar-refractivity contribution in [2.45, 2.75) is 38.6 Å². The number of aryl methyl sites for hydroxylation is 2. The first-order valence-electron chi connectivity index (χ1n) is 5.85. The summed E-state index contributed by atoms with van der Waals surface area (Å²) in [7, 11) is 0. The summed E-state index contributed by atoms with van der Waals surface area (Å²) in [6.45, 7) is 6.57. The zero-order valence-corrected chi connectivity index (χ0v) is 11.3. The van der Waals surface area contributed by atoms with E-state index >= 15 is 0 Å². The number of hydrogen-bond donors (Lipinski definition) is 1. The minimum atomic E-state index is 0.381. The van der Waals surface area contributed by atoms with E-state index in [0.717, 1.165) is 0 Å². The lowest BCUT2D eigenvalue weighted by atomic mass is 9.99. The molecule has 16 heavy (non-hydrogen) atoms. The highest BCUT2D eigenvalue weighted by Crippen LogP contribution is 2.32. The Labute approximate surface area is 107 Å². The molecule has 3 heteroatoms. The molecule has 0 saturated carbocycles. The van der Waals surface area contributed by atoms with E-state index in [1.807, 2.05) is 11.3 Å². The fraction of sp³-hybridized carbons (Fsp3) is 0.538. The molecule has 1 N–H and O–H groups in total. The summed E-state index contributed by atoms with van der Waals surface area (Å²) in [5.74, 6) is 0. The van der Waals surface area contributed by atoms with Crippen molar-refractivity contribution < 1.29 is 0 Å². The van der Waals surface area contributed by atoms with E-state index in [1.165, 1.54) is 30.6 Å². The van der Waals surface area contributed by atoms with Gasteiger partial charge >= 0.3 is 0 Å². The molecule has 1 aromatic heterocycles. The van der Waals surface area contributed by atoms with Crippen molar-refractivity contribution in [3.63, 3.8) is 0 Å². The number of nitrogens with one attached hydrogen (secondary N) is 1. The summed E-state index contributed by atoms with van der Waals surface area (Å²) in [5, 5.41) is 4.06. The summed E-state index contributed by atoms with van der Waals surface area (Å²) < 4.78 is 0. The van der Waals surface area contributed by atoms with Gasteiger partial charge in [0.15, 0.2) is 0 Å². The van der Waals surface area contributed by atoms with Gasteiger partial charge in [-0.1, -0.05) is 18.2 Å². The summed E-state index contributed by atoms with van der Waals surface area (Å²) in [6, 6.07) is 2.75. The molecule has 0 radical (unpaired) electrons. The third-order valence-corrected chi connectivity index (χ3v) is 4.60. The number of fused-ring (bicyclic) bond motifs is 1. The van der Waals surface area contributed by atoms with E-state index in [1.54, 1.807) is 10.4 Å². The number of rotatable bonds is 4. The molecule has 0 spiro atoms. The van der Waals surface area contributed by atoms with Crippen LogP contribution in [0.5, 0.6) is 0 Å². The smallest absolute Gasteiger partial charge is 0.0389 e. The van der Waals surface area contributed by atoms with Crippen molar-refractivity contribution in [2.24, 2.45) is 0 Å². The second kappa shape index (κ2) is 5.35. The Hall–Kier alpha value is -0.310. The predicted molar refractivity (Wildman–Crippen MR) is 72.4 cm³/mol. The van der Waals surface area contributed by atoms with E-state index in [-0.39, 0.29) is 0 Å². The molecule has 0 saturated heterocycles. The van der Waals surface area contributed by atoms with Crippen molar-refractivity contribution in [1.82, 2.24) is 5.32 Å². The summed E-state index contributed by atoms with van der Waals surface area (Å²) >= 11 is 7.72. The van der Waals surface area contributed by atoms with Crippen LogP contribution < -0.4 is 5.32 Å². The molecule has 1 unspecified atom stereocenters. The fourth-order valence-corrected chi connectivity index (χ4v) is 3.45. The van der Waals surface area contributed by atoms with Gasteiger partial charge in [0.1, 0.15) is 0 Å². The lowest BCUT2D eigenvalue weighted by molar-refractivity contribution is 0.623. The van der Waals surface area contributed by atoms with Crippen LogP contribution in [-0.4, -0.2) is 6.54 Å². The highest BCUT2D eigenvalue weighted by molar-refractivity contribution is 7.12. The largest absolute Gasteiger partial charge is 0.304 e. The van der Waals surface area contributed by atoms with Gasteiger partial charge in [-0.15, -0.1) is 11.3 Å². The average molecular weight is 256 g/mol. The highest BCUT2D eigenvalue weighted by atomic mass is 35.5. The van der Waals surface area contributed by atoms with Crippen LogP contribution >= 0.6 is 22.9 Å². The van der Waals surface area contributed by atoms with Crippen molar-refractivity contribution in [2.75, 3.05) is 6.54 Å². The van der Waals surface area contributed by atoms with Gasteiger partial charge in [-0.3, -0.25) is 0 Å². The van der Waals surface area contributed by atoms with Crippen molar-refractivity contribution in [3.8, 4) is 0 Å². The van der Waals surface area contributed by atoms with Crippen LogP contribution in [0.25, 0.3) is 0 Å². The van der Waals surface area contributed by atoms with Gasteiger partial charge in [-0.25, -0.2) is 0 Å². The van der Waals surface area contributed by atoms with Gasteiger partial charge in [0.25, 0.3) is 0 Å². The number of thiophene rings is 1. The molecule has 1 aliphatic rings. The van der Waals surface area contributed by atoms with E-state index in [0.29, 0.717) is 17.6 Å². The van der Waals surface area contributed by atoms with Gasteiger partial charge in [-0.05, 0) is 44.2 Å². The summed E-state index contributed by atoms with van der Waals surface area (Å²) in [4.78, 5) is 3.03. The van der Waals surface area contributed by atoms with Gasteiger partial charge < -0.3 is 5.32 Å². The first kappa shape index (κ1) is 12.2. The maximum atomic E-state index is 5.76. The first-order valence-corrected chi connectivity index (χ1v) is 7.04. The molecule has 1 atom stereocenters. The quantitative estimate of drug-likeness (QED) is 0.857. The first-order chi connectivity index (χ1) is 7.66.